The number of nitrogens with one attached hydrogen (secondary N) is 1. The standard InChI is InChI=1S/C10H15N3O5S/c14-8-6-13(7(5-11-8)9(15)16)10(17)12-1-3-19(18)4-2-12/h7H,1-6H2,(H,11,14)(H,15,16). The van der Waals surface area contributed by atoms with Gasteiger partial charge in [0.25, 0.3) is 0 Å². The Balaban J connectivity index is 2.08. The van der Waals surface area contributed by atoms with Crippen LogP contribution in [0.5, 0.6) is 0 Å². The molecule has 2 rings (SSSR count). The highest BCUT2D eigenvalue weighted by atomic mass is 32.2. The Morgan fingerprint density at radius 2 is 1.95 bits per heavy atom. The number of aliphatic carboxylic acids is 1. The Hall–Kier alpha value is -1.64. The van der Waals surface area contributed by atoms with Gasteiger partial charge in [0.05, 0.1) is 0 Å². The number of carboxylic acid groups (broad SMARTS) is 1. The molecule has 2 aliphatic heterocycles. The first-order chi connectivity index (χ1) is 8.99. The molecule has 8 nitrogen and oxygen atoms in total. The summed E-state index contributed by atoms with van der Waals surface area (Å²) in [5, 5.41) is 11.5. The van der Waals surface area contributed by atoms with Gasteiger partial charge >= 0.3 is 12.0 Å². The smallest absolute Gasteiger partial charge is 0.328 e. The van der Waals surface area contributed by atoms with E-state index in [1.54, 1.807) is 0 Å². The van der Waals surface area contributed by atoms with Crippen molar-refractivity contribution in [1.29, 1.82) is 0 Å². The molecule has 2 aliphatic rings. The summed E-state index contributed by atoms with van der Waals surface area (Å²) in [6.07, 6.45) is 0. The number of urea groups is 1. The maximum Gasteiger partial charge on any atom is 0.328 e. The van der Waals surface area contributed by atoms with E-state index in [4.69, 9.17) is 5.11 Å². The Morgan fingerprint density at radius 3 is 2.53 bits per heavy atom. The molecule has 0 aromatic carbocycles. The number of hydrogen-bond donors (Lipinski definition) is 2. The first-order valence-corrected chi connectivity index (χ1v) is 7.38. The van der Waals surface area contributed by atoms with E-state index in [-0.39, 0.29) is 19.0 Å². The SMILES string of the molecule is O=C1CN(C(=O)N2CCS(=O)CC2)C(C(=O)O)CN1. The molecule has 0 aromatic heterocycles. The highest BCUT2D eigenvalue weighted by Crippen LogP contribution is 2.11. The van der Waals surface area contributed by atoms with Gasteiger partial charge in [-0.25, -0.2) is 9.59 Å². The van der Waals surface area contributed by atoms with Crippen LogP contribution in [0.15, 0.2) is 0 Å². The summed E-state index contributed by atoms with van der Waals surface area (Å²) < 4.78 is 11.2. The van der Waals surface area contributed by atoms with Crippen molar-refractivity contribution < 1.29 is 23.7 Å². The molecule has 0 aliphatic carbocycles. The molecule has 0 bridgehead atoms. The van der Waals surface area contributed by atoms with Crippen LogP contribution in [0.2, 0.25) is 0 Å². The third-order valence-electron chi connectivity index (χ3n) is 3.16. The Morgan fingerprint density at radius 1 is 1.32 bits per heavy atom. The van der Waals surface area contributed by atoms with Crippen LogP contribution in [-0.2, 0) is 20.4 Å². The fraction of sp³-hybridized carbons (Fsp3) is 0.700. The summed E-state index contributed by atoms with van der Waals surface area (Å²) in [6, 6.07) is -1.52. The van der Waals surface area contributed by atoms with E-state index in [1.807, 2.05) is 0 Å². The van der Waals surface area contributed by atoms with Crippen molar-refractivity contribution in [2.24, 2.45) is 0 Å². The average Bonchev–Trinajstić information content (AvgIpc) is 2.38. The number of hydrogen-bond acceptors (Lipinski definition) is 4. The number of carbonyl (C=O) groups is 3. The van der Waals surface area contributed by atoms with E-state index in [9.17, 15) is 18.6 Å². The van der Waals surface area contributed by atoms with E-state index in [0.717, 1.165) is 4.90 Å². The summed E-state index contributed by atoms with van der Waals surface area (Å²) in [4.78, 5) is 37.2. The van der Waals surface area contributed by atoms with Gasteiger partial charge in [-0.1, -0.05) is 0 Å². The van der Waals surface area contributed by atoms with Crippen LogP contribution in [0.4, 0.5) is 4.79 Å². The maximum absolute atomic E-state index is 12.2. The third kappa shape index (κ3) is 3.03. The second-order valence-electron chi connectivity index (χ2n) is 4.40. The Bertz CT molecular complexity index is 431. The molecule has 19 heavy (non-hydrogen) atoms. The van der Waals surface area contributed by atoms with E-state index in [2.05, 4.69) is 5.32 Å². The number of carbonyl (C=O) groups excluding carboxylic acids is 2. The van der Waals surface area contributed by atoms with Crippen LogP contribution in [0.3, 0.4) is 0 Å². The lowest BCUT2D eigenvalue weighted by atomic mass is 10.2. The van der Waals surface area contributed by atoms with Gasteiger partial charge in [0.1, 0.15) is 12.6 Å². The molecule has 9 heteroatoms. The van der Waals surface area contributed by atoms with Gasteiger partial charge in [0.15, 0.2) is 0 Å². The van der Waals surface area contributed by atoms with E-state index in [0.29, 0.717) is 24.6 Å². The Kier molecular flexibility index (Phi) is 4.03. The maximum atomic E-state index is 12.2. The molecule has 1 unspecified atom stereocenters. The molecule has 2 fully saturated rings. The fourth-order valence-electron chi connectivity index (χ4n) is 2.07. The van der Waals surface area contributed by atoms with Gasteiger partial charge < -0.3 is 15.3 Å². The topological polar surface area (TPSA) is 107 Å². The summed E-state index contributed by atoms with van der Waals surface area (Å²) in [7, 11) is -0.915. The largest absolute Gasteiger partial charge is 0.480 e. The Labute approximate surface area is 112 Å². The number of piperazine rings is 1. The fourth-order valence-corrected chi connectivity index (χ4v) is 3.13. The van der Waals surface area contributed by atoms with Crippen LogP contribution < -0.4 is 5.32 Å². The highest BCUT2D eigenvalue weighted by Gasteiger charge is 2.37. The monoisotopic (exact) mass is 289 g/mol. The zero-order valence-electron chi connectivity index (χ0n) is 10.2. The minimum Gasteiger partial charge on any atom is -0.480 e. The number of carboxylic acids is 1. The second kappa shape index (κ2) is 5.55. The summed E-state index contributed by atoms with van der Waals surface area (Å²) in [5.74, 6) is -0.729. The lowest BCUT2D eigenvalue weighted by Crippen LogP contribution is -2.62. The van der Waals surface area contributed by atoms with Crippen LogP contribution >= 0.6 is 0 Å². The van der Waals surface area contributed by atoms with Crippen molar-refractivity contribution in [3.63, 3.8) is 0 Å². The van der Waals surface area contributed by atoms with Crippen LogP contribution in [0, 0.1) is 0 Å². The lowest BCUT2D eigenvalue weighted by molar-refractivity contribution is -0.144. The third-order valence-corrected chi connectivity index (χ3v) is 4.44. The van der Waals surface area contributed by atoms with Gasteiger partial charge in [-0.15, -0.1) is 0 Å². The number of amides is 3. The van der Waals surface area contributed by atoms with Crippen LogP contribution in [-0.4, -0.2) is 80.7 Å². The van der Waals surface area contributed by atoms with Gasteiger partial charge in [0, 0.05) is 41.9 Å². The van der Waals surface area contributed by atoms with Crippen molar-refractivity contribution in [3.05, 3.63) is 0 Å². The van der Waals surface area contributed by atoms with Crippen LogP contribution in [0.25, 0.3) is 0 Å². The van der Waals surface area contributed by atoms with Crippen molar-refractivity contribution in [2.75, 3.05) is 37.7 Å². The van der Waals surface area contributed by atoms with Crippen molar-refractivity contribution in [2.45, 2.75) is 6.04 Å². The van der Waals surface area contributed by atoms with E-state index >= 15 is 0 Å². The molecule has 3 amide bonds. The molecule has 0 spiro atoms. The highest BCUT2D eigenvalue weighted by molar-refractivity contribution is 7.85. The van der Waals surface area contributed by atoms with Gasteiger partial charge in [-0.05, 0) is 0 Å². The lowest BCUT2D eigenvalue weighted by Gasteiger charge is -2.37. The molecule has 2 N–H and O–H groups in total. The molecule has 2 heterocycles. The normalized spacial score (nSPS) is 25.1. The summed E-state index contributed by atoms with van der Waals surface area (Å²) in [5.41, 5.74) is 0. The predicted octanol–water partition coefficient (Wildman–Crippen LogP) is -1.94. The number of rotatable bonds is 1. The molecule has 106 valence electrons. The van der Waals surface area contributed by atoms with Crippen molar-refractivity contribution in [1.82, 2.24) is 15.1 Å². The average molecular weight is 289 g/mol. The second-order valence-corrected chi connectivity index (χ2v) is 6.10. The molecular weight excluding hydrogens is 274 g/mol. The van der Waals surface area contributed by atoms with E-state index < -0.39 is 28.8 Å². The van der Waals surface area contributed by atoms with Crippen LogP contribution in [0.1, 0.15) is 0 Å². The number of nitrogens with zero attached hydrogens (tertiary/aromatic N) is 2. The van der Waals surface area contributed by atoms with Crippen molar-refractivity contribution in [3.8, 4) is 0 Å². The minimum atomic E-state index is -1.14. The van der Waals surface area contributed by atoms with Gasteiger partial charge in [-0.3, -0.25) is 13.9 Å². The molecule has 2 saturated heterocycles. The predicted molar refractivity (Wildman–Crippen MR) is 66.0 cm³/mol. The van der Waals surface area contributed by atoms with E-state index in [1.165, 1.54) is 4.90 Å². The molecule has 0 radical (unpaired) electrons. The molecule has 1 atom stereocenters. The zero-order valence-corrected chi connectivity index (χ0v) is 11.0. The molecule has 0 saturated carbocycles. The minimum absolute atomic E-state index is 0.0837. The summed E-state index contributed by atoms with van der Waals surface area (Å²) >= 11 is 0. The summed E-state index contributed by atoms with van der Waals surface area (Å²) in [6.45, 7) is 0.320. The van der Waals surface area contributed by atoms with Gasteiger partial charge in [-0.2, -0.15) is 0 Å². The first-order valence-electron chi connectivity index (χ1n) is 5.89. The quantitative estimate of drug-likeness (QED) is 0.584. The molecule has 0 aromatic rings. The van der Waals surface area contributed by atoms with Crippen molar-refractivity contribution >= 4 is 28.7 Å². The van der Waals surface area contributed by atoms with Gasteiger partial charge in [0.2, 0.25) is 5.91 Å². The molecular formula is C10H15N3O5S. The zero-order chi connectivity index (χ0) is 14.0. The first kappa shape index (κ1) is 13.8.